The Bertz CT molecular complexity index is 1060. The highest BCUT2D eigenvalue weighted by Crippen LogP contribution is 2.50. The maximum atomic E-state index is 11.2. The number of rotatable bonds is 4. The molecular weight excluding hydrogens is 446 g/mol. The maximum Gasteiger partial charge on any atom is 0.133 e. The molecule has 28 heavy (non-hydrogen) atoms. The summed E-state index contributed by atoms with van der Waals surface area (Å²) in [4.78, 5) is 3.44. The van der Waals surface area contributed by atoms with E-state index in [2.05, 4.69) is 34.8 Å². The molecular formula is C21H21BrClNO4. The lowest BCUT2D eigenvalue weighted by molar-refractivity contribution is 0.0533. The number of ether oxygens (including phenoxy) is 1. The number of aromatic nitrogens is 1. The number of nitrogens with one attached hydrogen (secondary N) is 1. The minimum Gasteiger partial charge on any atom is -0.490 e. The summed E-state index contributed by atoms with van der Waals surface area (Å²) in [7, 11) is 0. The van der Waals surface area contributed by atoms with Crippen molar-refractivity contribution in [2.75, 3.05) is 13.2 Å². The van der Waals surface area contributed by atoms with Gasteiger partial charge in [-0.05, 0) is 51.3 Å². The Morgan fingerprint density at radius 1 is 1.29 bits per heavy atom. The molecule has 0 spiro atoms. The van der Waals surface area contributed by atoms with Crippen molar-refractivity contribution >= 4 is 38.4 Å². The zero-order valence-electron chi connectivity index (χ0n) is 15.5. The highest BCUT2D eigenvalue weighted by molar-refractivity contribution is 9.10. The van der Waals surface area contributed by atoms with Crippen LogP contribution >= 0.6 is 27.5 Å². The molecule has 4 N–H and O–H groups in total. The van der Waals surface area contributed by atoms with Crippen molar-refractivity contribution in [1.82, 2.24) is 4.98 Å². The fourth-order valence-electron chi connectivity index (χ4n) is 3.94. The van der Waals surface area contributed by atoms with Gasteiger partial charge in [-0.2, -0.15) is 0 Å². The van der Waals surface area contributed by atoms with Crippen molar-refractivity contribution in [3.63, 3.8) is 0 Å². The van der Waals surface area contributed by atoms with Gasteiger partial charge < -0.3 is 25.0 Å². The van der Waals surface area contributed by atoms with Gasteiger partial charge in [0.2, 0.25) is 0 Å². The van der Waals surface area contributed by atoms with Crippen LogP contribution in [-0.2, 0) is 5.41 Å². The molecule has 4 rings (SSSR count). The van der Waals surface area contributed by atoms with Gasteiger partial charge in [0.1, 0.15) is 24.6 Å². The molecule has 2 aromatic carbocycles. The molecule has 0 saturated heterocycles. The van der Waals surface area contributed by atoms with Crippen LogP contribution in [0.5, 0.6) is 5.75 Å². The first-order chi connectivity index (χ1) is 13.2. The summed E-state index contributed by atoms with van der Waals surface area (Å²) in [5.41, 5.74) is 4.01. The average Bonchev–Trinajstić information content (AvgIpc) is 3.04. The topological polar surface area (TPSA) is 85.7 Å². The van der Waals surface area contributed by atoms with E-state index in [1.807, 2.05) is 30.3 Å². The van der Waals surface area contributed by atoms with E-state index >= 15 is 0 Å². The first kappa shape index (κ1) is 19.7. The van der Waals surface area contributed by atoms with E-state index in [9.17, 15) is 10.2 Å². The molecule has 0 bridgehead atoms. The van der Waals surface area contributed by atoms with Gasteiger partial charge in [-0.15, -0.1) is 0 Å². The second-order valence-corrected chi connectivity index (χ2v) is 8.94. The maximum absolute atomic E-state index is 11.2. The number of halogens is 2. The molecule has 2 atom stereocenters. The molecule has 5 nitrogen and oxygen atoms in total. The monoisotopic (exact) mass is 465 g/mol. The minimum atomic E-state index is -0.952. The third-order valence-electron chi connectivity index (χ3n) is 5.41. The fourth-order valence-corrected chi connectivity index (χ4v) is 4.59. The van der Waals surface area contributed by atoms with E-state index < -0.39 is 17.6 Å². The Hall–Kier alpha value is -1.57. The molecule has 1 heterocycles. The van der Waals surface area contributed by atoms with Gasteiger partial charge in [0.05, 0.1) is 11.1 Å². The van der Waals surface area contributed by atoms with Crippen LogP contribution in [0.15, 0.2) is 34.8 Å². The highest BCUT2D eigenvalue weighted by atomic mass is 79.9. The lowest BCUT2D eigenvalue weighted by atomic mass is 9.70. The summed E-state index contributed by atoms with van der Waals surface area (Å²) in [6.45, 7) is 3.79. The quantitative estimate of drug-likeness (QED) is 0.467. The van der Waals surface area contributed by atoms with Crippen molar-refractivity contribution in [1.29, 1.82) is 0 Å². The van der Waals surface area contributed by atoms with Crippen molar-refractivity contribution in [3.05, 3.63) is 62.2 Å². The molecule has 0 amide bonds. The molecule has 1 aromatic heterocycles. The predicted molar refractivity (Wildman–Crippen MR) is 112 cm³/mol. The predicted octanol–water partition coefficient (Wildman–Crippen LogP) is 4.04. The molecule has 3 aromatic rings. The summed E-state index contributed by atoms with van der Waals surface area (Å²) in [5, 5.41) is 31.4. The third kappa shape index (κ3) is 3.04. The van der Waals surface area contributed by atoms with Gasteiger partial charge in [0.25, 0.3) is 0 Å². The Kier molecular flexibility index (Phi) is 4.96. The first-order valence-electron chi connectivity index (χ1n) is 8.99. The smallest absolute Gasteiger partial charge is 0.133 e. The van der Waals surface area contributed by atoms with E-state index in [-0.39, 0.29) is 13.2 Å². The van der Waals surface area contributed by atoms with Crippen molar-refractivity contribution in [3.8, 4) is 5.75 Å². The zero-order valence-corrected chi connectivity index (χ0v) is 17.8. The lowest BCUT2D eigenvalue weighted by Crippen LogP contribution is -2.29. The number of hydrogen-bond acceptors (Lipinski definition) is 4. The Labute approximate surface area is 176 Å². The number of H-pyrrole nitrogens is 1. The van der Waals surface area contributed by atoms with E-state index in [1.165, 1.54) is 0 Å². The second-order valence-electron chi connectivity index (χ2n) is 7.65. The number of aliphatic hydroxyl groups excluding tert-OH is 3. The first-order valence-corrected chi connectivity index (χ1v) is 10.2. The summed E-state index contributed by atoms with van der Waals surface area (Å²) >= 11 is 9.65. The minimum absolute atomic E-state index is 0.0208. The highest BCUT2D eigenvalue weighted by Gasteiger charge is 2.40. The van der Waals surface area contributed by atoms with Gasteiger partial charge in [-0.25, -0.2) is 0 Å². The molecule has 0 fully saturated rings. The van der Waals surface area contributed by atoms with E-state index in [0.717, 1.165) is 33.3 Å². The number of aromatic amines is 1. The number of aliphatic hydroxyl groups is 3. The van der Waals surface area contributed by atoms with Crippen LogP contribution in [0.2, 0.25) is 5.02 Å². The average molecular weight is 467 g/mol. The Morgan fingerprint density at radius 2 is 2.04 bits per heavy atom. The molecule has 1 aliphatic carbocycles. The fraction of sp³-hybridized carbons (Fsp3) is 0.333. The van der Waals surface area contributed by atoms with E-state index in [1.54, 1.807) is 0 Å². The number of fused-ring (bicyclic) bond motifs is 4. The van der Waals surface area contributed by atoms with Gasteiger partial charge in [-0.1, -0.05) is 31.5 Å². The van der Waals surface area contributed by atoms with Crippen molar-refractivity contribution < 1.29 is 20.1 Å². The summed E-state index contributed by atoms with van der Waals surface area (Å²) in [5.74, 6) is 0.550. The van der Waals surface area contributed by atoms with Gasteiger partial charge in [0, 0.05) is 32.6 Å². The molecule has 1 aliphatic rings. The molecule has 1 unspecified atom stereocenters. The van der Waals surface area contributed by atoms with Crippen LogP contribution in [0.1, 0.15) is 42.3 Å². The van der Waals surface area contributed by atoms with E-state index in [4.69, 9.17) is 21.4 Å². The lowest BCUT2D eigenvalue weighted by Gasteiger charge is -2.36. The standard InChI is InChI=1S/C21H21BrClNO4/c1-21(2)14-7-17(28-9-11(26)8-25)15(22)6-13(14)19(27)18-12-4-3-10(23)5-16(12)24-20(18)21/h3-7,11,19,24-27H,8-9H2,1-2H3/t11-,19?/m1/s1. The number of hydrogen-bond donors (Lipinski definition) is 4. The SMILES string of the molecule is CC1(C)c2cc(OC[C@H](O)CO)c(Br)cc2C(O)c2c1[nH]c1cc(Cl)ccc21. The normalized spacial score (nSPS) is 18.6. The van der Waals surface area contributed by atoms with Gasteiger partial charge in [0.15, 0.2) is 0 Å². The molecule has 7 heteroatoms. The van der Waals surface area contributed by atoms with Crippen LogP contribution in [0.3, 0.4) is 0 Å². The van der Waals surface area contributed by atoms with Gasteiger partial charge >= 0.3 is 0 Å². The third-order valence-corrected chi connectivity index (χ3v) is 6.27. The van der Waals surface area contributed by atoms with E-state index in [0.29, 0.717) is 15.2 Å². The van der Waals surface area contributed by atoms with Crippen molar-refractivity contribution in [2.24, 2.45) is 0 Å². The molecule has 0 saturated carbocycles. The summed E-state index contributed by atoms with van der Waals surface area (Å²) < 4.78 is 6.36. The summed E-state index contributed by atoms with van der Waals surface area (Å²) in [6.07, 6.45) is -1.74. The summed E-state index contributed by atoms with van der Waals surface area (Å²) in [6, 6.07) is 9.37. The van der Waals surface area contributed by atoms with Gasteiger partial charge in [-0.3, -0.25) is 0 Å². The van der Waals surface area contributed by atoms with Crippen LogP contribution in [0.25, 0.3) is 10.9 Å². The van der Waals surface area contributed by atoms with Crippen LogP contribution in [0, 0.1) is 0 Å². The molecule has 148 valence electrons. The zero-order chi connectivity index (χ0) is 20.2. The second kappa shape index (κ2) is 7.04. The molecule has 0 aliphatic heterocycles. The van der Waals surface area contributed by atoms with Crippen LogP contribution in [0.4, 0.5) is 0 Å². The Morgan fingerprint density at radius 3 is 2.75 bits per heavy atom. The van der Waals surface area contributed by atoms with Crippen molar-refractivity contribution in [2.45, 2.75) is 31.5 Å². The number of benzene rings is 2. The molecule has 0 radical (unpaired) electrons. The Balaban J connectivity index is 1.86. The van der Waals surface area contributed by atoms with Crippen LogP contribution in [-0.4, -0.2) is 39.6 Å². The largest absolute Gasteiger partial charge is 0.490 e. The van der Waals surface area contributed by atoms with Crippen LogP contribution < -0.4 is 4.74 Å².